The molecule has 2 aromatic rings. The van der Waals surface area contributed by atoms with Crippen LogP contribution in [0.15, 0.2) is 78.9 Å². The molecule has 1 aliphatic rings. The summed E-state index contributed by atoms with van der Waals surface area (Å²) in [5.74, 6) is -1.40. The van der Waals surface area contributed by atoms with Crippen LogP contribution in [0.1, 0.15) is 85.1 Å². The SMILES string of the molecule is C/C=C\CCCC.CC.COCCc1ccc(OC(=O)C(C)NC=O)cc1.FC(F)(/C=C/C1CCCS1)COc1ccccc1.O=CCCCO[N+](=O)[O-]. The minimum Gasteiger partial charge on any atom is -0.487 e. The molecule has 0 radical (unpaired) electrons. The number of allylic oxidation sites excluding steroid dienone is 2. The van der Waals surface area contributed by atoms with Gasteiger partial charge in [0, 0.05) is 18.8 Å². The Labute approximate surface area is 324 Å². The molecule has 1 aliphatic heterocycles. The maximum Gasteiger partial charge on any atom is 0.333 e. The van der Waals surface area contributed by atoms with Gasteiger partial charge < -0.3 is 29.2 Å². The summed E-state index contributed by atoms with van der Waals surface area (Å²) in [6, 6.07) is 15.2. The minimum absolute atomic E-state index is 0.00569. The van der Waals surface area contributed by atoms with Crippen LogP contribution in [-0.4, -0.2) is 73.6 Å². The molecule has 2 atom stereocenters. The van der Waals surface area contributed by atoms with Crippen molar-refractivity contribution in [2.24, 2.45) is 0 Å². The van der Waals surface area contributed by atoms with Crippen molar-refractivity contribution in [1.29, 1.82) is 0 Å². The predicted octanol–water partition coefficient (Wildman–Crippen LogP) is 9.02. The molecule has 304 valence electrons. The van der Waals surface area contributed by atoms with Crippen LogP contribution in [0, 0.1) is 10.1 Å². The molecule has 1 N–H and O–H groups in total. The average Bonchev–Trinajstić information content (AvgIpc) is 3.71. The Morgan fingerprint density at radius 2 is 1.74 bits per heavy atom. The van der Waals surface area contributed by atoms with Gasteiger partial charge in [0.2, 0.25) is 6.41 Å². The summed E-state index contributed by atoms with van der Waals surface area (Å²) in [5.41, 5.74) is 1.11. The molecule has 0 spiro atoms. The van der Waals surface area contributed by atoms with Crippen molar-refractivity contribution in [1.82, 2.24) is 5.32 Å². The maximum atomic E-state index is 13.5. The zero-order chi connectivity index (χ0) is 40.9. The Kier molecular flexibility index (Phi) is 34.3. The number of amides is 1. The van der Waals surface area contributed by atoms with E-state index in [1.165, 1.54) is 19.3 Å². The van der Waals surface area contributed by atoms with E-state index in [1.54, 1.807) is 68.3 Å². The van der Waals surface area contributed by atoms with Crippen molar-refractivity contribution in [2.75, 3.05) is 32.7 Å². The van der Waals surface area contributed by atoms with Gasteiger partial charge in [-0.15, -0.1) is 10.1 Å². The molecule has 2 aromatic carbocycles. The zero-order valence-electron chi connectivity index (χ0n) is 32.6. The number of methoxy groups -OCH3 is 1. The van der Waals surface area contributed by atoms with Crippen LogP contribution in [0.2, 0.25) is 0 Å². The number of ether oxygens (including phenoxy) is 3. The summed E-state index contributed by atoms with van der Waals surface area (Å²) >= 11 is 1.74. The fourth-order valence-electron chi connectivity index (χ4n) is 3.86. The van der Waals surface area contributed by atoms with Crippen LogP contribution in [0.25, 0.3) is 0 Å². The molecule has 1 heterocycles. The number of hydrogen-bond acceptors (Lipinski definition) is 10. The third-order valence-electron chi connectivity index (χ3n) is 6.73. The number of hydrogen-bond donors (Lipinski definition) is 1. The number of thioether (sulfide) groups is 1. The molecule has 0 aliphatic carbocycles. The lowest BCUT2D eigenvalue weighted by Gasteiger charge is -2.14. The summed E-state index contributed by atoms with van der Waals surface area (Å²) in [4.78, 5) is 44.7. The molecule has 0 bridgehead atoms. The molecule has 14 heteroatoms. The van der Waals surface area contributed by atoms with Crippen molar-refractivity contribution >= 4 is 30.4 Å². The number of aldehydes is 1. The smallest absolute Gasteiger partial charge is 0.333 e. The van der Waals surface area contributed by atoms with Gasteiger partial charge in [0.05, 0.1) is 13.2 Å². The van der Waals surface area contributed by atoms with Gasteiger partial charge in [-0.3, -0.25) is 4.79 Å². The lowest BCUT2D eigenvalue weighted by Crippen LogP contribution is -2.35. The molecule has 11 nitrogen and oxygen atoms in total. The third kappa shape index (κ3) is 31.2. The Morgan fingerprint density at radius 3 is 2.28 bits per heavy atom. The number of carbonyl (C=O) groups is 3. The van der Waals surface area contributed by atoms with Gasteiger partial charge in [-0.2, -0.15) is 20.5 Å². The van der Waals surface area contributed by atoms with Crippen LogP contribution in [0.3, 0.4) is 0 Å². The molecule has 1 saturated heterocycles. The van der Waals surface area contributed by atoms with Crippen molar-refractivity contribution < 1.29 is 47.3 Å². The van der Waals surface area contributed by atoms with E-state index in [9.17, 15) is 33.3 Å². The van der Waals surface area contributed by atoms with E-state index in [2.05, 4.69) is 36.2 Å². The summed E-state index contributed by atoms with van der Waals surface area (Å²) in [7, 11) is 1.65. The fraction of sp³-hybridized carbons (Fsp3) is 0.525. The predicted molar refractivity (Wildman–Crippen MR) is 212 cm³/mol. The van der Waals surface area contributed by atoms with E-state index in [4.69, 9.17) is 14.2 Å². The highest BCUT2D eigenvalue weighted by Gasteiger charge is 2.27. The molecule has 3 rings (SSSR count). The first-order valence-corrected chi connectivity index (χ1v) is 19.2. The average molecular weight is 783 g/mol. The molecule has 0 aromatic heterocycles. The van der Waals surface area contributed by atoms with Crippen LogP contribution in [0.5, 0.6) is 11.5 Å². The second-order valence-electron chi connectivity index (χ2n) is 11.2. The van der Waals surface area contributed by atoms with E-state index in [-0.39, 0.29) is 11.9 Å². The van der Waals surface area contributed by atoms with Gasteiger partial charge in [0.15, 0.2) is 6.61 Å². The highest BCUT2D eigenvalue weighted by atomic mass is 32.2. The Balaban J connectivity index is 0. The van der Waals surface area contributed by atoms with Crippen molar-refractivity contribution in [2.45, 2.75) is 103 Å². The van der Waals surface area contributed by atoms with Gasteiger partial charge in [-0.25, -0.2) is 4.79 Å². The second kappa shape index (κ2) is 35.7. The molecule has 54 heavy (non-hydrogen) atoms. The van der Waals surface area contributed by atoms with Crippen LogP contribution >= 0.6 is 11.8 Å². The number of unbranched alkanes of at least 4 members (excludes halogenated alkanes) is 3. The van der Waals surface area contributed by atoms with E-state index < -0.39 is 29.6 Å². The zero-order valence-corrected chi connectivity index (χ0v) is 33.4. The van der Waals surface area contributed by atoms with Gasteiger partial charge >= 0.3 is 5.97 Å². The Morgan fingerprint density at radius 1 is 1.06 bits per heavy atom. The summed E-state index contributed by atoms with van der Waals surface area (Å²) in [6.07, 6.45) is 15.6. The van der Waals surface area contributed by atoms with Gasteiger partial charge in [0.25, 0.3) is 11.0 Å². The number of alkyl halides is 2. The first-order chi connectivity index (χ1) is 26.0. The molecular weight excluding hydrogens is 723 g/mol. The largest absolute Gasteiger partial charge is 0.487 e. The Bertz CT molecular complexity index is 1280. The van der Waals surface area contributed by atoms with E-state index in [0.29, 0.717) is 43.6 Å². The van der Waals surface area contributed by atoms with Crippen LogP contribution in [0.4, 0.5) is 8.78 Å². The molecule has 1 amide bonds. The van der Waals surface area contributed by atoms with E-state index in [1.807, 2.05) is 32.0 Å². The number of rotatable bonds is 20. The number of carbonyl (C=O) groups excluding carboxylic acids is 3. The fourth-order valence-corrected chi connectivity index (χ4v) is 5.02. The summed E-state index contributed by atoms with van der Waals surface area (Å²) in [5, 5.41) is 11.2. The quantitative estimate of drug-likeness (QED) is 0.0263. The van der Waals surface area contributed by atoms with Crippen molar-refractivity contribution in [3.8, 4) is 11.5 Å². The number of nitrogens with zero attached hydrogens (tertiary/aromatic N) is 1. The standard InChI is InChI=1S/C14H16F2OS.C13H17NO4.C7H14.C4H7NO4.C2H6/c15-14(16,9-8-13-7-4-10-18-13)11-17-12-5-2-1-3-6-12;1-10(14-9-15)13(16)18-12-5-3-11(4-6-12)7-8-17-2;1-3-5-7-6-4-2;6-3-1-2-4-9-5(7)8;1-2/h1-3,5-6,8-9,13H,4,7,10-11H2;3-6,9-10H,7-8H2,1-2H3,(H,14,15);3,5H,4,6-7H2,1-2H3;3H,1-2,4H2;1-2H3/b9-8+;;5-3-;;. The van der Waals surface area contributed by atoms with Crippen LogP contribution in [-0.2, 0) is 30.4 Å². The molecular formula is C40H60F2N2O9S. The van der Waals surface area contributed by atoms with Gasteiger partial charge in [-0.1, -0.05) is 82.2 Å². The number of nitrogens with one attached hydrogen (secondary N) is 1. The topological polar surface area (TPSA) is 143 Å². The van der Waals surface area contributed by atoms with Gasteiger partial charge in [0.1, 0.15) is 23.8 Å². The molecule has 2 unspecified atom stereocenters. The van der Waals surface area contributed by atoms with E-state index in [0.717, 1.165) is 36.7 Å². The van der Waals surface area contributed by atoms with Crippen molar-refractivity contribution in [3.63, 3.8) is 0 Å². The van der Waals surface area contributed by atoms with Crippen LogP contribution < -0.4 is 14.8 Å². The number of benzene rings is 2. The molecule has 1 fully saturated rings. The van der Waals surface area contributed by atoms with Gasteiger partial charge in [-0.05, 0) is 87.6 Å². The third-order valence-corrected chi connectivity index (χ3v) is 8.07. The number of halogens is 2. The highest BCUT2D eigenvalue weighted by molar-refractivity contribution is 8.00. The Hall–Kier alpha value is -4.30. The second-order valence-corrected chi connectivity index (χ2v) is 12.5. The maximum absolute atomic E-state index is 13.5. The monoisotopic (exact) mass is 782 g/mol. The first kappa shape index (κ1) is 51.8. The number of esters is 1. The van der Waals surface area contributed by atoms with E-state index >= 15 is 0 Å². The first-order valence-electron chi connectivity index (χ1n) is 18.2. The summed E-state index contributed by atoms with van der Waals surface area (Å²) < 4.78 is 42.2. The van der Waals surface area contributed by atoms with Crippen molar-refractivity contribution in [3.05, 3.63) is 94.6 Å². The normalized spacial score (nSPS) is 13.6. The summed E-state index contributed by atoms with van der Waals surface area (Å²) in [6.45, 7) is 9.89. The molecule has 0 saturated carbocycles. The number of para-hydroxylation sites is 1. The lowest BCUT2D eigenvalue weighted by molar-refractivity contribution is -0.757. The lowest BCUT2D eigenvalue weighted by atomic mass is 10.1. The minimum atomic E-state index is -2.90. The highest BCUT2D eigenvalue weighted by Crippen LogP contribution is 2.28.